The van der Waals surface area contributed by atoms with Crippen molar-refractivity contribution in [3.63, 3.8) is 0 Å². The van der Waals surface area contributed by atoms with E-state index in [0.717, 1.165) is 6.54 Å². The number of nitrogens with one attached hydrogen (secondary N) is 1. The molecule has 3 heteroatoms. The van der Waals surface area contributed by atoms with Crippen LogP contribution in [0.1, 0.15) is 72.1 Å². The average molecular weight is 296 g/mol. The lowest BCUT2D eigenvalue weighted by molar-refractivity contribution is 0.0284. The van der Waals surface area contributed by atoms with Crippen LogP contribution in [-0.4, -0.2) is 47.8 Å². The number of rotatable bonds is 5. The van der Waals surface area contributed by atoms with Crippen LogP contribution in [0.15, 0.2) is 0 Å². The zero-order valence-electron chi connectivity index (χ0n) is 14.5. The molecule has 0 spiro atoms. The zero-order valence-corrected chi connectivity index (χ0v) is 14.5. The molecule has 0 bridgehead atoms. The van der Waals surface area contributed by atoms with Crippen molar-refractivity contribution in [3.8, 4) is 0 Å². The first kappa shape index (κ1) is 17.2. The van der Waals surface area contributed by atoms with Gasteiger partial charge < -0.3 is 10.4 Å². The summed E-state index contributed by atoms with van der Waals surface area (Å²) in [5.41, 5.74) is 0.624. The Morgan fingerprint density at radius 3 is 2.43 bits per heavy atom. The lowest BCUT2D eigenvalue weighted by Crippen LogP contribution is -2.53. The van der Waals surface area contributed by atoms with E-state index in [0.29, 0.717) is 18.1 Å². The third kappa shape index (κ3) is 5.22. The summed E-state index contributed by atoms with van der Waals surface area (Å²) in [5.74, 6) is 0. The van der Waals surface area contributed by atoms with Crippen LogP contribution >= 0.6 is 0 Å². The SMILES string of the molecule is CC(C)(C)NCC1(CN2CCCCC2CO)CCCCC1. The molecule has 0 aromatic rings. The molecule has 0 aromatic heterocycles. The van der Waals surface area contributed by atoms with E-state index in [-0.39, 0.29) is 5.54 Å². The first-order valence-electron chi connectivity index (χ1n) is 9.04. The summed E-state index contributed by atoms with van der Waals surface area (Å²) in [5, 5.41) is 13.4. The molecule has 124 valence electrons. The largest absolute Gasteiger partial charge is 0.395 e. The average Bonchev–Trinajstić information content (AvgIpc) is 2.46. The minimum Gasteiger partial charge on any atom is -0.395 e. The van der Waals surface area contributed by atoms with Crippen LogP contribution in [0.25, 0.3) is 0 Å². The van der Waals surface area contributed by atoms with Gasteiger partial charge in [0.1, 0.15) is 0 Å². The monoisotopic (exact) mass is 296 g/mol. The van der Waals surface area contributed by atoms with Crippen LogP contribution < -0.4 is 5.32 Å². The minimum absolute atomic E-state index is 0.197. The quantitative estimate of drug-likeness (QED) is 0.818. The highest BCUT2D eigenvalue weighted by Gasteiger charge is 2.36. The molecule has 21 heavy (non-hydrogen) atoms. The maximum absolute atomic E-state index is 9.68. The first-order valence-corrected chi connectivity index (χ1v) is 9.04. The van der Waals surface area contributed by atoms with Gasteiger partial charge in [0, 0.05) is 24.7 Å². The highest BCUT2D eigenvalue weighted by atomic mass is 16.3. The lowest BCUT2D eigenvalue weighted by Gasteiger charge is -2.46. The fourth-order valence-corrected chi connectivity index (χ4v) is 4.05. The molecule has 2 aliphatic rings. The predicted molar refractivity (Wildman–Crippen MR) is 89.6 cm³/mol. The van der Waals surface area contributed by atoms with Crippen molar-refractivity contribution in [2.45, 2.75) is 83.7 Å². The van der Waals surface area contributed by atoms with Crippen LogP contribution in [0.4, 0.5) is 0 Å². The summed E-state index contributed by atoms with van der Waals surface area (Å²) in [4.78, 5) is 2.60. The Bertz CT molecular complexity index is 305. The fourth-order valence-electron chi connectivity index (χ4n) is 4.05. The van der Waals surface area contributed by atoms with E-state index in [1.165, 1.54) is 64.5 Å². The Labute approximate surface area is 131 Å². The molecule has 1 saturated carbocycles. The van der Waals surface area contributed by atoms with Gasteiger partial charge in [-0.3, -0.25) is 4.90 Å². The maximum Gasteiger partial charge on any atom is 0.0586 e. The molecule has 1 aliphatic carbocycles. The molecule has 0 radical (unpaired) electrons. The molecular formula is C18H36N2O. The number of hydrogen-bond donors (Lipinski definition) is 2. The van der Waals surface area contributed by atoms with Crippen molar-refractivity contribution in [2.75, 3.05) is 26.2 Å². The van der Waals surface area contributed by atoms with E-state index < -0.39 is 0 Å². The van der Waals surface area contributed by atoms with Gasteiger partial charge in [-0.15, -0.1) is 0 Å². The van der Waals surface area contributed by atoms with E-state index in [2.05, 4.69) is 31.0 Å². The van der Waals surface area contributed by atoms with Gasteiger partial charge in [0.15, 0.2) is 0 Å². The Balaban J connectivity index is 2.00. The first-order chi connectivity index (χ1) is 9.94. The second kappa shape index (κ2) is 7.43. The van der Waals surface area contributed by atoms with Gasteiger partial charge in [-0.2, -0.15) is 0 Å². The Morgan fingerprint density at radius 2 is 1.81 bits per heavy atom. The van der Waals surface area contributed by atoms with E-state index in [9.17, 15) is 5.11 Å². The third-order valence-corrected chi connectivity index (χ3v) is 5.41. The second-order valence-corrected chi connectivity index (χ2v) is 8.47. The number of nitrogens with zero attached hydrogens (tertiary/aromatic N) is 1. The normalized spacial score (nSPS) is 27.7. The van der Waals surface area contributed by atoms with Crippen molar-refractivity contribution in [3.05, 3.63) is 0 Å². The van der Waals surface area contributed by atoms with Crippen molar-refractivity contribution < 1.29 is 5.11 Å². The number of likely N-dealkylation sites (tertiary alicyclic amines) is 1. The molecule has 1 unspecified atom stereocenters. The maximum atomic E-state index is 9.68. The van der Waals surface area contributed by atoms with E-state index in [1.807, 2.05) is 0 Å². The van der Waals surface area contributed by atoms with Gasteiger partial charge in [0.25, 0.3) is 0 Å². The van der Waals surface area contributed by atoms with Crippen LogP contribution in [0.5, 0.6) is 0 Å². The number of hydrogen-bond acceptors (Lipinski definition) is 3. The summed E-state index contributed by atoms with van der Waals surface area (Å²) in [6.45, 7) is 10.6. The minimum atomic E-state index is 0.197. The smallest absolute Gasteiger partial charge is 0.0586 e. The molecule has 3 nitrogen and oxygen atoms in total. The molecule has 0 amide bonds. The van der Waals surface area contributed by atoms with Gasteiger partial charge in [0.05, 0.1) is 6.61 Å². The van der Waals surface area contributed by atoms with E-state index in [1.54, 1.807) is 0 Å². The highest BCUT2D eigenvalue weighted by molar-refractivity contribution is 4.92. The Hall–Kier alpha value is -0.120. The van der Waals surface area contributed by atoms with Crippen molar-refractivity contribution in [1.29, 1.82) is 0 Å². The Morgan fingerprint density at radius 1 is 1.10 bits per heavy atom. The summed E-state index contributed by atoms with van der Waals surface area (Å²) in [7, 11) is 0. The van der Waals surface area contributed by atoms with Crippen LogP contribution in [-0.2, 0) is 0 Å². The molecule has 1 aliphatic heterocycles. The van der Waals surface area contributed by atoms with Gasteiger partial charge >= 0.3 is 0 Å². The second-order valence-electron chi connectivity index (χ2n) is 8.47. The predicted octanol–water partition coefficient (Wildman–Crippen LogP) is 3.17. The number of aliphatic hydroxyl groups is 1. The van der Waals surface area contributed by atoms with Gasteiger partial charge in [-0.1, -0.05) is 25.7 Å². The summed E-state index contributed by atoms with van der Waals surface area (Å²) >= 11 is 0. The molecule has 1 saturated heterocycles. The zero-order chi connectivity index (χ0) is 15.3. The summed E-state index contributed by atoms with van der Waals surface area (Å²) in [6.07, 6.45) is 10.6. The van der Waals surface area contributed by atoms with Crippen molar-refractivity contribution in [2.24, 2.45) is 5.41 Å². The molecule has 0 aromatic carbocycles. The van der Waals surface area contributed by atoms with Gasteiger partial charge in [-0.25, -0.2) is 0 Å². The van der Waals surface area contributed by atoms with Crippen LogP contribution in [0, 0.1) is 5.41 Å². The molecule has 2 N–H and O–H groups in total. The molecule has 1 atom stereocenters. The van der Waals surface area contributed by atoms with Crippen LogP contribution in [0.2, 0.25) is 0 Å². The van der Waals surface area contributed by atoms with Crippen LogP contribution in [0.3, 0.4) is 0 Å². The summed E-state index contributed by atoms with van der Waals surface area (Å²) < 4.78 is 0. The summed E-state index contributed by atoms with van der Waals surface area (Å²) in [6, 6.07) is 0.409. The molecule has 2 rings (SSSR count). The number of aliphatic hydroxyl groups excluding tert-OH is 1. The standard InChI is InChI=1S/C18H36N2O/c1-17(2,3)19-14-18(10-6-4-7-11-18)15-20-12-8-5-9-16(20)13-21/h16,19,21H,4-15H2,1-3H3. The highest BCUT2D eigenvalue weighted by Crippen LogP contribution is 2.38. The lowest BCUT2D eigenvalue weighted by atomic mass is 9.72. The third-order valence-electron chi connectivity index (χ3n) is 5.41. The van der Waals surface area contributed by atoms with Crippen molar-refractivity contribution in [1.82, 2.24) is 10.2 Å². The molecule has 1 heterocycles. The van der Waals surface area contributed by atoms with Crippen molar-refractivity contribution >= 4 is 0 Å². The van der Waals surface area contributed by atoms with Gasteiger partial charge in [-0.05, 0) is 58.4 Å². The molecular weight excluding hydrogens is 260 g/mol. The van der Waals surface area contributed by atoms with E-state index in [4.69, 9.17) is 0 Å². The van der Waals surface area contributed by atoms with E-state index >= 15 is 0 Å². The molecule has 2 fully saturated rings. The topological polar surface area (TPSA) is 35.5 Å². The Kier molecular flexibility index (Phi) is 6.10. The van der Waals surface area contributed by atoms with Gasteiger partial charge in [0.2, 0.25) is 0 Å². The number of piperidine rings is 1. The fraction of sp³-hybridized carbons (Fsp3) is 1.00.